The van der Waals surface area contributed by atoms with Crippen molar-refractivity contribution in [3.05, 3.63) is 93.9 Å². The Kier molecular flexibility index (Phi) is 6.36. The molecule has 1 heterocycles. The number of hydrogen-bond donors (Lipinski definition) is 1. The predicted molar refractivity (Wildman–Crippen MR) is 128 cm³/mol. The molecule has 3 aromatic rings. The van der Waals surface area contributed by atoms with E-state index in [4.69, 9.17) is 15.8 Å². The van der Waals surface area contributed by atoms with Gasteiger partial charge in [0.2, 0.25) is 0 Å². The first-order valence-electron chi connectivity index (χ1n) is 9.45. The maximum Gasteiger partial charge on any atom is 0.339 e. The van der Waals surface area contributed by atoms with Crippen LogP contribution in [-0.4, -0.2) is 19.5 Å². The minimum Gasteiger partial charge on any atom is -0.379 e. The molecule has 1 aliphatic heterocycles. The maximum atomic E-state index is 12.4. The second-order valence-corrected chi connectivity index (χ2v) is 9.89. The standard InChI is InChI=1S/C23H17ClN2O4S2/c1-15-2-8-18(9-3-15)25-23-26-22(27)21(31-23)14-16-4-10-19(11-5-16)30-32(28,29)20-12-6-17(24)7-13-20/h2-14H,1H3,(H,25,26,27). The number of thioether (sulfide) groups is 1. The highest BCUT2D eigenvalue weighted by Crippen LogP contribution is 2.29. The number of hydrogen-bond acceptors (Lipinski definition) is 6. The van der Waals surface area contributed by atoms with Gasteiger partial charge < -0.3 is 9.50 Å². The molecule has 4 rings (SSSR count). The third-order valence-electron chi connectivity index (χ3n) is 4.40. The summed E-state index contributed by atoms with van der Waals surface area (Å²) in [5.41, 5.74) is 2.60. The summed E-state index contributed by atoms with van der Waals surface area (Å²) in [6.45, 7) is 1.99. The summed E-state index contributed by atoms with van der Waals surface area (Å²) in [5, 5.41) is 3.68. The van der Waals surface area contributed by atoms with E-state index >= 15 is 0 Å². The molecule has 1 aliphatic rings. The van der Waals surface area contributed by atoms with Gasteiger partial charge in [0.1, 0.15) is 10.6 Å². The van der Waals surface area contributed by atoms with Crippen molar-refractivity contribution in [3.63, 3.8) is 0 Å². The molecule has 0 aliphatic carbocycles. The van der Waals surface area contributed by atoms with E-state index < -0.39 is 10.1 Å². The quantitative estimate of drug-likeness (QED) is 0.392. The van der Waals surface area contributed by atoms with E-state index in [1.165, 1.54) is 48.2 Å². The van der Waals surface area contributed by atoms with Gasteiger partial charge in [0.15, 0.2) is 5.17 Å². The topological polar surface area (TPSA) is 84.8 Å². The summed E-state index contributed by atoms with van der Waals surface area (Å²) in [5.74, 6) is -0.0845. The minimum atomic E-state index is -3.97. The molecular weight excluding hydrogens is 468 g/mol. The molecule has 1 amide bonds. The van der Waals surface area contributed by atoms with E-state index in [-0.39, 0.29) is 16.6 Å². The van der Waals surface area contributed by atoms with Crippen molar-refractivity contribution >= 4 is 56.3 Å². The van der Waals surface area contributed by atoms with E-state index in [1.807, 2.05) is 31.2 Å². The first kappa shape index (κ1) is 22.1. The molecule has 1 fully saturated rings. The summed E-state index contributed by atoms with van der Waals surface area (Å²) in [4.78, 5) is 17.2. The fourth-order valence-corrected chi connectivity index (χ4v) is 4.66. The third-order valence-corrected chi connectivity index (χ3v) is 6.82. The van der Waals surface area contributed by atoms with Crippen molar-refractivity contribution in [1.29, 1.82) is 0 Å². The fraction of sp³-hybridized carbons (Fsp3) is 0.0435. The van der Waals surface area contributed by atoms with Crippen molar-refractivity contribution in [2.24, 2.45) is 4.99 Å². The number of aryl methyl sites for hydroxylation is 1. The van der Waals surface area contributed by atoms with Crippen LogP contribution < -0.4 is 9.50 Å². The van der Waals surface area contributed by atoms with Crippen LogP contribution in [0.25, 0.3) is 6.08 Å². The predicted octanol–water partition coefficient (Wildman–Crippen LogP) is 5.31. The zero-order chi connectivity index (χ0) is 22.7. The molecule has 0 saturated carbocycles. The van der Waals surface area contributed by atoms with Crippen molar-refractivity contribution in [2.45, 2.75) is 11.8 Å². The Morgan fingerprint density at radius 2 is 1.62 bits per heavy atom. The molecule has 0 spiro atoms. The van der Waals surface area contributed by atoms with Crippen LogP contribution in [0.5, 0.6) is 5.75 Å². The molecule has 0 atom stereocenters. The zero-order valence-electron chi connectivity index (χ0n) is 16.8. The van der Waals surface area contributed by atoms with Gasteiger partial charge in [-0.15, -0.1) is 0 Å². The molecule has 9 heteroatoms. The number of amidine groups is 1. The maximum absolute atomic E-state index is 12.4. The van der Waals surface area contributed by atoms with Gasteiger partial charge >= 0.3 is 10.1 Å². The SMILES string of the molecule is Cc1ccc(N=C2NC(=O)C(=Cc3ccc(OS(=O)(=O)c4ccc(Cl)cc4)cc3)S2)cc1. The molecule has 6 nitrogen and oxygen atoms in total. The van der Waals surface area contributed by atoms with Crippen LogP contribution in [0.4, 0.5) is 5.69 Å². The van der Waals surface area contributed by atoms with E-state index in [9.17, 15) is 13.2 Å². The van der Waals surface area contributed by atoms with E-state index in [1.54, 1.807) is 18.2 Å². The second kappa shape index (κ2) is 9.20. The van der Waals surface area contributed by atoms with Gasteiger partial charge in [0.25, 0.3) is 5.91 Å². The number of nitrogens with zero attached hydrogens (tertiary/aromatic N) is 1. The lowest BCUT2D eigenvalue weighted by Crippen LogP contribution is -2.19. The summed E-state index contributed by atoms with van der Waals surface area (Å²) in [6, 6.07) is 19.8. The Balaban J connectivity index is 1.46. The summed E-state index contributed by atoms with van der Waals surface area (Å²) >= 11 is 7.03. The van der Waals surface area contributed by atoms with Gasteiger partial charge in [0, 0.05) is 5.02 Å². The van der Waals surface area contributed by atoms with Crippen molar-refractivity contribution < 1.29 is 17.4 Å². The summed E-state index contributed by atoms with van der Waals surface area (Å²) in [6.07, 6.45) is 1.70. The Bertz CT molecular complexity index is 1320. The van der Waals surface area contributed by atoms with Gasteiger partial charge in [0.05, 0.1) is 10.6 Å². The first-order valence-corrected chi connectivity index (χ1v) is 12.1. The molecule has 162 valence electrons. The number of carbonyl (C=O) groups excluding carboxylic acids is 1. The third kappa shape index (κ3) is 5.40. The van der Waals surface area contributed by atoms with Gasteiger partial charge in [-0.05, 0) is 78.9 Å². The average molecular weight is 485 g/mol. The first-order chi connectivity index (χ1) is 15.3. The van der Waals surface area contributed by atoms with Crippen LogP contribution in [0.15, 0.2) is 87.6 Å². The number of nitrogens with one attached hydrogen (secondary N) is 1. The zero-order valence-corrected chi connectivity index (χ0v) is 19.2. The van der Waals surface area contributed by atoms with Crippen LogP contribution in [0.1, 0.15) is 11.1 Å². The number of carbonyl (C=O) groups is 1. The van der Waals surface area contributed by atoms with Crippen LogP contribution in [0.3, 0.4) is 0 Å². The molecule has 32 heavy (non-hydrogen) atoms. The van der Waals surface area contributed by atoms with E-state index in [0.717, 1.165) is 16.8 Å². The number of amides is 1. The molecule has 1 saturated heterocycles. The van der Waals surface area contributed by atoms with Crippen molar-refractivity contribution in [3.8, 4) is 5.75 Å². The largest absolute Gasteiger partial charge is 0.379 e. The summed E-state index contributed by atoms with van der Waals surface area (Å²) < 4.78 is 29.9. The smallest absolute Gasteiger partial charge is 0.339 e. The van der Waals surface area contributed by atoms with Gasteiger partial charge in [-0.25, -0.2) is 4.99 Å². The highest BCUT2D eigenvalue weighted by Gasteiger charge is 2.24. The fourth-order valence-electron chi connectivity index (χ4n) is 2.76. The minimum absolute atomic E-state index is 0.00696. The van der Waals surface area contributed by atoms with Gasteiger partial charge in [-0.3, -0.25) is 4.79 Å². The molecular formula is C23H17ClN2O4S2. The number of halogens is 1. The Labute approximate surface area is 195 Å². The Morgan fingerprint density at radius 1 is 0.969 bits per heavy atom. The Morgan fingerprint density at radius 3 is 2.28 bits per heavy atom. The monoisotopic (exact) mass is 484 g/mol. The van der Waals surface area contributed by atoms with Crippen LogP contribution in [0, 0.1) is 6.92 Å². The number of rotatable bonds is 5. The molecule has 0 bridgehead atoms. The number of benzene rings is 3. The second-order valence-electron chi connectivity index (χ2n) is 6.88. The molecule has 0 aromatic heterocycles. The van der Waals surface area contributed by atoms with E-state index in [0.29, 0.717) is 15.1 Å². The highest BCUT2D eigenvalue weighted by atomic mass is 35.5. The summed E-state index contributed by atoms with van der Waals surface area (Å²) in [7, 11) is -3.97. The number of aliphatic imine (C=N–C) groups is 1. The molecule has 1 N–H and O–H groups in total. The lowest BCUT2D eigenvalue weighted by atomic mass is 10.2. The Hall–Kier alpha value is -3.07. The molecule has 0 unspecified atom stereocenters. The van der Waals surface area contributed by atoms with Crippen LogP contribution in [-0.2, 0) is 14.9 Å². The average Bonchev–Trinajstić information content (AvgIpc) is 3.10. The molecule has 0 radical (unpaired) electrons. The van der Waals surface area contributed by atoms with Crippen LogP contribution in [0.2, 0.25) is 5.02 Å². The van der Waals surface area contributed by atoms with Crippen molar-refractivity contribution in [1.82, 2.24) is 5.32 Å². The normalized spacial score (nSPS) is 16.4. The highest BCUT2D eigenvalue weighted by molar-refractivity contribution is 8.18. The van der Waals surface area contributed by atoms with Gasteiger partial charge in [-0.1, -0.05) is 41.4 Å². The lowest BCUT2D eigenvalue weighted by molar-refractivity contribution is -0.115. The van der Waals surface area contributed by atoms with Crippen molar-refractivity contribution in [2.75, 3.05) is 0 Å². The van der Waals surface area contributed by atoms with E-state index in [2.05, 4.69) is 10.3 Å². The van der Waals surface area contributed by atoms with Gasteiger partial charge in [-0.2, -0.15) is 8.42 Å². The molecule has 3 aromatic carbocycles. The van der Waals surface area contributed by atoms with Crippen LogP contribution >= 0.6 is 23.4 Å². The lowest BCUT2D eigenvalue weighted by Gasteiger charge is -2.07.